The second-order valence-electron chi connectivity index (χ2n) is 6.81. The van der Waals surface area contributed by atoms with Gasteiger partial charge < -0.3 is 10.2 Å². The molecule has 0 saturated heterocycles. The maximum Gasteiger partial charge on any atom is 0.242 e. The summed E-state index contributed by atoms with van der Waals surface area (Å²) in [5.41, 5.74) is 3.12. The van der Waals surface area contributed by atoms with Crippen LogP contribution in [-0.2, 0) is 21.9 Å². The number of nitrogens with zero attached hydrogens (tertiary/aromatic N) is 1. The average Bonchev–Trinajstić information content (AvgIpc) is 2.68. The fourth-order valence-electron chi connectivity index (χ4n) is 2.76. The summed E-state index contributed by atoms with van der Waals surface area (Å²) in [4.78, 5) is 26.9. The number of likely N-dealkylation sites (N-methyl/N-ethyl adjacent to an activating group) is 1. The highest BCUT2D eigenvalue weighted by Gasteiger charge is 2.26. The van der Waals surface area contributed by atoms with Crippen LogP contribution in [0.5, 0.6) is 0 Å². The van der Waals surface area contributed by atoms with Crippen molar-refractivity contribution in [1.82, 2.24) is 10.2 Å². The SMILES string of the molecule is CCNC(=O)[C@H](C)N(Cc1ccc(Cl)cc1Cl)C(=O)CSCc1ccc(C)cc1. The first-order chi connectivity index (χ1) is 13.8. The van der Waals surface area contributed by atoms with Crippen molar-refractivity contribution >= 4 is 46.8 Å². The number of aryl methyl sites for hydroxylation is 1. The van der Waals surface area contributed by atoms with Gasteiger partial charge >= 0.3 is 0 Å². The van der Waals surface area contributed by atoms with Gasteiger partial charge in [-0.25, -0.2) is 0 Å². The van der Waals surface area contributed by atoms with E-state index in [1.807, 2.05) is 13.8 Å². The van der Waals surface area contributed by atoms with Gasteiger partial charge in [0.25, 0.3) is 0 Å². The Morgan fingerprint density at radius 3 is 2.45 bits per heavy atom. The molecule has 0 aliphatic rings. The molecule has 0 radical (unpaired) electrons. The van der Waals surface area contributed by atoms with Crippen molar-refractivity contribution in [1.29, 1.82) is 0 Å². The molecular formula is C22H26Cl2N2O2S. The fourth-order valence-corrected chi connectivity index (χ4v) is 4.10. The van der Waals surface area contributed by atoms with E-state index in [0.717, 1.165) is 16.9 Å². The molecule has 2 aromatic rings. The van der Waals surface area contributed by atoms with Crippen LogP contribution >= 0.6 is 35.0 Å². The van der Waals surface area contributed by atoms with Gasteiger partial charge in [0.15, 0.2) is 0 Å². The number of halogens is 2. The van der Waals surface area contributed by atoms with Crippen molar-refractivity contribution in [2.24, 2.45) is 0 Å². The first-order valence-electron chi connectivity index (χ1n) is 9.46. The lowest BCUT2D eigenvalue weighted by Crippen LogP contribution is -2.48. The molecule has 0 fully saturated rings. The molecule has 2 aromatic carbocycles. The van der Waals surface area contributed by atoms with E-state index in [1.165, 1.54) is 17.3 Å². The monoisotopic (exact) mass is 452 g/mol. The number of rotatable bonds is 9. The van der Waals surface area contributed by atoms with Crippen molar-refractivity contribution in [2.75, 3.05) is 12.3 Å². The Balaban J connectivity index is 2.09. The molecule has 0 bridgehead atoms. The van der Waals surface area contributed by atoms with Crippen LogP contribution < -0.4 is 5.32 Å². The summed E-state index contributed by atoms with van der Waals surface area (Å²) in [6.07, 6.45) is 0. The summed E-state index contributed by atoms with van der Waals surface area (Å²) in [6, 6.07) is 12.8. The van der Waals surface area contributed by atoms with Gasteiger partial charge in [0, 0.05) is 28.9 Å². The lowest BCUT2D eigenvalue weighted by Gasteiger charge is -2.29. The number of carbonyl (C=O) groups is 2. The molecule has 2 rings (SSSR count). The standard InChI is InChI=1S/C22H26Cl2N2O2S/c1-4-25-22(28)16(3)26(12-18-9-10-19(23)11-20(18)24)21(27)14-29-13-17-7-5-15(2)6-8-17/h5-11,16H,4,12-14H2,1-3H3,(H,25,28)/t16-/m0/s1. The van der Waals surface area contributed by atoms with Crippen LogP contribution in [0.2, 0.25) is 10.0 Å². The zero-order valence-electron chi connectivity index (χ0n) is 16.9. The summed E-state index contributed by atoms with van der Waals surface area (Å²) in [6.45, 7) is 6.39. The number of thioether (sulfide) groups is 1. The summed E-state index contributed by atoms with van der Waals surface area (Å²) in [5.74, 6) is 0.723. The quantitative estimate of drug-likeness (QED) is 0.576. The molecule has 0 aliphatic carbocycles. The minimum atomic E-state index is -0.603. The number of carbonyl (C=O) groups excluding carboxylic acids is 2. The lowest BCUT2D eigenvalue weighted by atomic mass is 10.1. The minimum Gasteiger partial charge on any atom is -0.355 e. The third kappa shape index (κ3) is 7.25. The molecular weight excluding hydrogens is 427 g/mol. The molecule has 1 N–H and O–H groups in total. The van der Waals surface area contributed by atoms with Gasteiger partial charge in [-0.2, -0.15) is 0 Å². The molecule has 0 aromatic heterocycles. The highest BCUT2D eigenvalue weighted by molar-refractivity contribution is 7.99. The van der Waals surface area contributed by atoms with E-state index >= 15 is 0 Å². The minimum absolute atomic E-state index is 0.105. The van der Waals surface area contributed by atoms with Crippen molar-refractivity contribution in [2.45, 2.75) is 39.1 Å². The first-order valence-corrected chi connectivity index (χ1v) is 11.4. The van der Waals surface area contributed by atoms with Crippen LogP contribution in [0, 0.1) is 6.92 Å². The van der Waals surface area contributed by atoms with E-state index in [2.05, 4.69) is 29.6 Å². The normalized spacial score (nSPS) is 11.8. The molecule has 2 amide bonds. The highest BCUT2D eigenvalue weighted by Crippen LogP contribution is 2.24. The zero-order valence-corrected chi connectivity index (χ0v) is 19.2. The Hall–Kier alpha value is -1.69. The van der Waals surface area contributed by atoms with Crippen molar-refractivity contribution in [3.8, 4) is 0 Å². The summed E-state index contributed by atoms with van der Waals surface area (Å²) in [5, 5.41) is 3.79. The molecule has 7 heteroatoms. The molecule has 0 saturated carbocycles. The number of hydrogen-bond donors (Lipinski definition) is 1. The predicted molar refractivity (Wildman–Crippen MR) is 122 cm³/mol. The maximum atomic E-state index is 13.0. The van der Waals surface area contributed by atoms with Crippen LogP contribution in [0.4, 0.5) is 0 Å². The molecule has 0 aliphatic heterocycles. The smallest absolute Gasteiger partial charge is 0.242 e. The van der Waals surface area contributed by atoms with Crippen molar-refractivity contribution in [3.63, 3.8) is 0 Å². The Kier molecular flexibility index (Phi) is 9.34. The molecule has 1 atom stereocenters. The van der Waals surface area contributed by atoms with E-state index in [9.17, 15) is 9.59 Å². The zero-order chi connectivity index (χ0) is 21.4. The number of hydrogen-bond acceptors (Lipinski definition) is 3. The van der Waals surface area contributed by atoms with Crippen LogP contribution in [-0.4, -0.2) is 35.1 Å². The molecule has 0 spiro atoms. The summed E-state index contributed by atoms with van der Waals surface area (Å²) < 4.78 is 0. The molecule has 0 unspecified atom stereocenters. The van der Waals surface area contributed by atoms with Crippen LogP contribution in [0.1, 0.15) is 30.5 Å². The van der Waals surface area contributed by atoms with Crippen LogP contribution in [0.3, 0.4) is 0 Å². The average molecular weight is 453 g/mol. The fraction of sp³-hybridized carbons (Fsp3) is 0.364. The Bertz CT molecular complexity index is 843. The van der Waals surface area contributed by atoms with Gasteiger partial charge in [-0.05, 0) is 44.0 Å². The third-order valence-corrected chi connectivity index (χ3v) is 6.06. The summed E-state index contributed by atoms with van der Waals surface area (Å²) in [7, 11) is 0. The Morgan fingerprint density at radius 1 is 1.14 bits per heavy atom. The molecule has 29 heavy (non-hydrogen) atoms. The van der Waals surface area contributed by atoms with E-state index in [1.54, 1.807) is 30.0 Å². The van der Waals surface area contributed by atoms with Gasteiger partial charge in [-0.15, -0.1) is 11.8 Å². The van der Waals surface area contributed by atoms with Gasteiger partial charge in [-0.3, -0.25) is 9.59 Å². The third-order valence-electron chi connectivity index (χ3n) is 4.49. The van der Waals surface area contributed by atoms with Crippen molar-refractivity contribution in [3.05, 3.63) is 69.2 Å². The lowest BCUT2D eigenvalue weighted by molar-refractivity contribution is -0.138. The van der Waals surface area contributed by atoms with Gasteiger partial charge in [0.05, 0.1) is 5.75 Å². The second-order valence-corrected chi connectivity index (χ2v) is 8.64. The number of benzene rings is 2. The van der Waals surface area contributed by atoms with Gasteiger partial charge in [-0.1, -0.05) is 59.1 Å². The molecule has 4 nitrogen and oxygen atoms in total. The Labute approximate surface area is 187 Å². The summed E-state index contributed by atoms with van der Waals surface area (Å²) >= 11 is 13.8. The van der Waals surface area contributed by atoms with Crippen LogP contribution in [0.15, 0.2) is 42.5 Å². The van der Waals surface area contributed by atoms with E-state index in [0.29, 0.717) is 16.6 Å². The van der Waals surface area contributed by atoms with E-state index in [-0.39, 0.29) is 24.1 Å². The van der Waals surface area contributed by atoms with E-state index in [4.69, 9.17) is 23.2 Å². The first kappa shape index (κ1) is 23.6. The number of amides is 2. The van der Waals surface area contributed by atoms with Gasteiger partial charge in [0.2, 0.25) is 11.8 Å². The predicted octanol–water partition coefficient (Wildman–Crippen LogP) is 5.09. The maximum absolute atomic E-state index is 13.0. The highest BCUT2D eigenvalue weighted by atomic mass is 35.5. The molecule has 0 heterocycles. The van der Waals surface area contributed by atoms with Crippen LogP contribution in [0.25, 0.3) is 0 Å². The second kappa shape index (κ2) is 11.5. The van der Waals surface area contributed by atoms with Gasteiger partial charge in [0.1, 0.15) is 6.04 Å². The topological polar surface area (TPSA) is 49.4 Å². The van der Waals surface area contributed by atoms with Crippen molar-refractivity contribution < 1.29 is 9.59 Å². The Morgan fingerprint density at radius 2 is 1.83 bits per heavy atom. The molecule has 156 valence electrons. The van der Waals surface area contributed by atoms with E-state index < -0.39 is 6.04 Å². The largest absolute Gasteiger partial charge is 0.355 e. The number of nitrogens with one attached hydrogen (secondary N) is 1.